The lowest BCUT2D eigenvalue weighted by Crippen LogP contribution is -2.02. The molecule has 1 aromatic carbocycles. The molecule has 0 saturated carbocycles. The van der Waals surface area contributed by atoms with Crippen LogP contribution in [0.3, 0.4) is 0 Å². The van der Waals surface area contributed by atoms with Crippen LogP contribution in [0.2, 0.25) is 0 Å². The maximum absolute atomic E-state index is 8.74. The van der Waals surface area contributed by atoms with Crippen molar-refractivity contribution >= 4 is 10.9 Å². The van der Waals surface area contributed by atoms with Gasteiger partial charge in [0.05, 0.1) is 5.52 Å². The molecule has 18 heavy (non-hydrogen) atoms. The highest BCUT2D eigenvalue weighted by Gasteiger charge is 2.04. The molecule has 0 unspecified atom stereocenters. The SMILES string of the molecule is NCc1cccc2ccn(CCCCCCO)c12. The van der Waals surface area contributed by atoms with Crippen molar-refractivity contribution in [2.45, 2.75) is 38.8 Å². The van der Waals surface area contributed by atoms with Crippen molar-refractivity contribution < 1.29 is 5.11 Å². The fourth-order valence-electron chi connectivity index (χ4n) is 2.44. The quantitative estimate of drug-likeness (QED) is 0.738. The number of nitrogens with two attached hydrogens (primary N) is 1. The molecule has 0 aliphatic heterocycles. The number of hydrogen-bond donors (Lipinski definition) is 2. The predicted octanol–water partition coefficient (Wildman–Crippen LogP) is 2.65. The van der Waals surface area contributed by atoms with Crippen LogP contribution in [0.4, 0.5) is 0 Å². The molecule has 1 aromatic heterocycles. The third kappa shape index (κ3) is 2.92. The van der Waals surface area contributed by atoms with Crippen molar-refractivity contribution in [1.29, 1.82) is 0 Å². The molecule has 0 saturated heterocycles. The zero-order chi connectivity index (χ0) is 12.8. The smallest absolute Gasteiger partial charge is 0.0525 e. The molecule has 0 atom stereocenters. The standard InChI is InChI=1S/C15H22N2O/c16-12-14-7-5-6-13-8-10-17(15(13)14)9-3-1-2-4-11-18/h5-8,10,18H,1-4,9,11-12,16H2. The number of nitrogens with zero attached hydrogens (tertiary/aromatic N) is 1. The number of aromatic nitrogens is 1. The largest absolute Gasteiger partial charge is 0.396 e. The van der Waals surface area contributed by atoms with Gasteiger partial charge in [0.1, 0.15) is 0 Å². The van der Waals surface area contributed by atoms with E-state index in [-0.39, 0.29) is 0 Å². The van der Waals surface area contributed by atoms with E-state index in [1.165, 1.54) is 22.9 Å². The highest BCUT2D eigenvalue weighted by atomic mass is 16.2. The Bertz CT molecular complexity index is 490. The monoisotopic (exact) mass is 246 g/mol. The average Bonchev–Trinajstić information content (AvgIpc) is 2.82. The third-order valence-electron chi connectivity index (χ3n) is 3.40. The maximum atomic E-state index is 8.74. The topological polar surface area (TPSA) is 51.2 Å². The Kier molecular flexibility index (Phi) is 4.79. The van der Waals surface area contributed by atoms with E-state index in [0.29, 0.717) is 13.2 Å². The molecule has 0 bridgehead atoms. The van der Waals surface area contributed by atoms with E-state index in [9.17, 15) is 0 Å². The molecule has 0 aliphatic rings. The molecule has 0 radical (unpaired) electrons. The first kappa shape index (κ1) is 13.1. The highest BCUT2D eigenvalue weighted by molar-refractivity contribution is 5.83. The molecular weight excluding hydrogens is 224 g/mol. The summed E-state index contributed by atoms with van der Waals surface area (Å²) < 4.78 is 2.30. The summed E-state index contributed by atoms with van der Waals surface area (Å²) in [4.78, 5) is 0. The van der Waals surface area contributed by atoms with Crippen molar-refractivity contribution in [1.82, 2.24) is 4.57 Å². The van der Waals surface area contributed by atoms with Crippen LogP contribution < -0.4 is 5.73 Å². The van der Waals surface area contributed by atoms with E-state index in [4.69, 9.17) is 10.8 Å². The van der Waals surface area contributed by atoms with Gasteiger partial charge in [-0.15, -0.1) is 0 Å². The van der Waals surface area contributed by atoms with Gasteiger partial charge in [0.25, 0.3) is 0 Å². The Hall–Kier alpha value is -1.32. The van der Waals surface area contributed by atoms with Crippen molar-refractivity contribution in [3.05, 3.63) is 36.0 Å². The molecular formula is C15H22N2O. The summed E-state index contributed by atoms with van der Waals surface area (Å²) in [5.74, 6) is 0. The molecule has 0 fully saturated rings. The zero-order valence-corrected chi connectivity index (χ0v) is 10.8. The number of unbranched alkanes of at least 4 members (excludes halogenated alkanes) is 3. The van der Waals surface area contributed by atoms with E-state index in [1.54, 1.807) is 0 Å². The minimum absolute atomic E-state index is 0.309. The molecule has 0 aliphatic carbocycles. The molecule has 2 rings (SSSR count). The van der Waals surface area contributed by atoms with Crippen LogP contribution >= 0.6 is 0 Å². The number of fused-ring (bicyclic) bond motifs is 1. The summed E-state index contributed by atoms with van der Waals surface area (Å²) in [5, 5.41) is 10.0. The Morgan fingerprint density at radius 1 is 1.06 bits per heavy atom. The molecule has 98 valence electrons. The minimum Gasteiger partial charge on any atom is -0.396 e. The van der Waals surface area contributed by atoms with Gasteiger partial charge in [-0.25, -0.2) is 0 Å². The zero-order valence-electron chi connectivity index (χ0n) is 10.8. The molecule has 0 spiro atoms. The van der Waals surface area contributed by atoms with Gasteiger partial charge in [0, 0.05) is 25.9 Å². The molecule has 3 nitrogen and oxygen atoms in total. The number of aliphatic hydroxyl groups is 1. The first-order valence-corrected chi connectivity index (χ1v) is 6.74. The van der Waals surface area contributed by atoms with Crippen molar-refractivity contribution in [3.8, 4) is 0 Å². The highest BCUT2D eigenvalue weighted by Crippen LogP contribution is 2.20. The summed E-state index contributed by atoms with van der Waals surface area (Å²) in [6.45, 7) is 1.93. The second kappa shape index (κ2) is 6.57. The number of aliphatic hydroxyl groups excluding tert-OH is 1. The molecule has 3 heteroatoms. The lowest BCUT2D eigenvalue weighted by atomic mass is 10.1. The Morgan fingerprint density at radius 2 is 1.89 bits per heavy atom. The first-order chi connectivity index (χ1) is 8.86. The van der Waals surface area contributed by atoms with E-state index in [1.807, 2.05) is 0 Å². The van der Waals surface area contributed by atoms with Crippen LogP contribution in [0.15, 0.2) is 30.5 Å². The number of rotatable bonds is 7. The van der Waals surface area contributed by atoms with Gasteiger partial charge in [-0.3, -0.25) is 0 Å². The van der Waals surface area contributed by atoms with Gasteiger partial charge < -0.3 is 15.4 Å². The summed E-state index contributed by atoms with van der Waals surface area (Å²) >= 11 is 0. The van der Waals surface area contributed by atoms with Gasteiger partial charge in [-0.2, -0.15) is 0 Å². The Balaban J connectivity index is 2.04. The lowest BCUT2D eigenvalue weighted by Gasteiger charge is -2.08. The Morgan fingerprint density at radius 3 is 2.67 bits per heavy atom. The van der Waals surface area contributed by atoms with Crippen LogP contribution in [0.5, 0.6) is 0 Å². The van der Waals surface area contributed by atoms with E-state index >= 15 is 0 Å². The molecule has 2 aromatic rings. The van der Waals surface area contributed by atoms with Gasteiger partial charge in [0.15, 0.2) is 0 Å². The third-order valence-corrected chi connectivity index (χ3v) is 3.40. The van der Waals surface area contributed by atoms with Crippen LogP contribution in [-0.4, -0.2) is 16.3 Å². The van der Waals surface area contributed by atoms with Gasteiger partial charge in [-0.1, -0.05) is 31.0 Å². The molecule has 1 heterocycles. The maximum Gasteiger partial charge on any atom is 0.0525 e. The van der Waals surface area contributed by atoms with Crippen LogP contribution in [0.1, 0.15) is 31.2 Å². The molecule has 3 N–H and O–H groups in total. The van der Waals surface area contributed by atoms with Crippen LogP contribution in [-0.2, 0) is 13.1 Å². The summed E-state index contributed by atoms with van der Waals surface area (Å²) in [6.07, 6.45) is 6.50. The van der Waals surface area contributed by atoms with E-state index in [0.717, 1.165) is 25.8 Å². The van der Waals surface area contributed by atoms with Gasteiger partial charge in [-0.05, 0) is 29.9 Å². The average molecular weight is 246 g/mol. The van der Waals surface area contributed by atoms with Crippen LogP contribution in [0.25, 0.3) is 10.9 Å². The van der Waals surface area contributed by atoms with E-state index in [2.05, 4.69) is 35.0 Å². The fraction of sp³-hybridized carbons (Fsp3) is 0.467. The number of para-hydroxylation sites is 1. The summed E-state index contributed by atoms with van der Waals surface area (Å²) in [5.41, 5.74) is 8.29. The second-order valence-electron chi connectivity index (χ2n) is 4.71. The Labute approximate surface area is 108 Å². The van der Waals surface area contributed by atoms with Crippen molar-refractivity contribution in [2.24, 2.45) is 5.73 Å². The number of hydrogen-bond acceptors (Lipinski definition) is 2. The number of aryl methyl sites for hydroxylation is 1. The number of benzene rings is 1. The van der Waals surface area contributed by atoms with Gasteiger partial charge in [0.2, 0.25) is 0 Å². The minimum atomic E-state index is 0.309. The fourth-order valence-corrected chi connectivity index (χ4v) is 2.44. The van der Waals surface area contributed by atoms with Gasteiger partial charge >= 0.3 is 0 Å². The first-order valence-electron chi connectivity index (χ1n) is 6.74. The normalized spacial score (nSPS) is 11.2. The van der Waals surface area contributed by atoms with E-state index < -0.39 is 0 Å². The predicted molar refractivity (Wildman–Crippen MR) is 75.4 cm³/mol. The van der Waals surface area contributed by atoms with Crippen LogP contribution in [0, 0.1) is 0 Å². The molecule has 0 amide bonds. The van der Waals surface area contributed by atoms with Crippen molar-refractivity contribution in [3.63, 3.8) is 0 Å². The van der Waals surface area contributed by atoms with Crippen molar-refractivity contribution in [2.75, 3.05) is 6.61 Å². The summed E-state index contributed by atoms with van der Waals surface area (Å²) in [6, 6.07) is 8.46. The summed E-state index contributed by atoms with van der Waals surface area (Å²) in [7, 11) is 0. The lowest BCUT2D eigenvalue weighted by molar-refractivity contribution is 0.282. The second-order valence-corrected chi connectivity index (χ2v) is 4.71.